The number of ketones is 1. The van der Waals surface area contributed by atoms with Gasteiger partial charge in [0.15, 0.2) is 5.78 Å². The van der Waals surface area contributed by atoms with Crippen molar-refractivity contribution in [3.05, 3.63) is 77.9 Å². The first-order valence-electron chi connectivity index (χ1n) is 12.1. The highest BCUT2D eigenvalue weighted by molar-refractivity contribution is 7.22. The zero-order chi connectivity index (χ0) is 24.8. The fourth-order valence-electron chi connectivity index (χ4n) is 4.76. The lowest BCUT2D eigenvalue weighted by atomic mass is 9.97. The fourth-order valence-corrected chi connectivity index (χ4v) is 6.00. The second-order valence-electron chi connectivity index (χ2n) is 9.47. The number of phenols is 2. The van der Waals surface area contributed by atoms with Crippen LogP contribution in [-0.4, -0.2) is 46.0 Å². The molecule has 1 saturated carbocycles. The smallest absolute Gasteiger partial charge is 0.225 e. The summed E-state index contributed by atoms with van der Waals surface area (Å²) in [6.45, 7) is 1.34. The summed E-state index contributed by atoms with van der Waals surface area (Å²) in [5, 5.41) is 20.5. The van der Waals surface area contributed by atoms with Gasteiger partial charge in [0.2, 0.25) is 5.91 Å². The van der Waals surface area contributed by atoms with Crippen LogP contribution in [-0.2, 0) is 4.79 Å². The third-order valence-corrected chi connectivity index (χ3v) is 8.03. The first-order valence-corrected chi connectivity index (χ1v) is 12.9. The van der Waals surface area contributed by atoms with Crippen LogP contribution in [0.5, 0.6) is 17.2 Å². The lowest BCUT2D eigenvalue weighted by molar-refractivity contribution is -0.131. The van der Waals surface area contributed by atoms with Crippen LogP contribution in [0.25, 0.3) is 20.5 Å². The normalized spacial score (nSPS) is 17.4. The van der Waals surface area contributed by atoms with Crippen molar-refractivity contribution in [2.75, 3.05) is 13.1 Å². The summed E-state index contributed by atoms with van der Waals surface area (Å²) in [7, 11) is 0. The van der Waals surface area contributed by atoms with Gasteiger partial charge in [0, 0.05) is 45.0 Å². The van der Waals surface area contributed by atoms with Gasteiger partial charge >= 0.3 is 0 Å². The molecule has 2 N–H and O–H groups in total. The Kier molecular flexibility index (Phi) is 5.64. The lowest BCUT2D eigenvalue weighted by Crippen LogP contribution is -2.31. The molecule has 0 spiro atoms. The molecule has 7 heteroatoms. The Balaban J connectivity index is 1.25. The van der Waals surface area contributed by atoms with Crippen LogP contribution in [0.4, 0.5) is 0 Å². The lowest BCUT2D eigenvalue weighted by Gasteiger charge is -2.17. The minimum atomic E-state index is -0.122. The zero-order valence-electron chi connectivity index (χ0n) is 19.5. The number of thiophene rings is 1. The number of phenolic OH excluding ortho intramolecular Hbond substituents is 2. The van der Waals surface area contributed by atoms with Crippen LogP contribution >= 0.6 is 11.3 Å². The minimum absolute atomic E-state index is 0.0381. The molecule has 3 aromatic carbocycles. The maximum Gasteiger partial charge on any atom is 0.225 e. The van der Waals surface area contributed by atoms with Gasteiger partial charge in [0.1, 0.15) is 23.4 Å². The van der Waals surface area contributed by atoms with Crippen molar-refractivity contribution in [3.63, 3.8) is 0 Å². The van der Waals surface area contributed by atoms with E-state index in [0.717, 1.165) is 46.3 Å². The van der Waals surface area contributed by atoms with Crippen LogP contribution in [0.2, 0.25) is 0 Å². The van der Waals surface area contributed by atoms with E-state index in [1.165, 1.54) is 11.3 Å². The second-order valence-corrected chi connectivity index (χ2v) is 10.5. The molecule has 1 atom stereocenters. The van der Waals surface area contributed by atoms with Gasteiger partial charge < -0.3 is 19.8 Å². The van der Waals surface area contributed by atoms with Gasteiger partial charge in [0.05, 0.1) is 6.54 Å². The highest BCUT2D eigenvalue weighted by Crippen LogP contribution is 2.41. The molecule has 0 unspecified atom stereocenters. The summed E-state index contributed by atoms with van der Waals surface area (Å²) in [6, 6.07) is 18.9. The average Bonchev–Trinajstić information content (AvgIpc) is 3.52. The number of likely N-dealkylation sites (tertiary alicyclic amines) is 1. The molecule has 1 aliphatic carbocycles. The topological polar surface area (TPSA) is 87.1 Å². The molecule has 36 heavy (non-hydrogen) atoms. The van der Waals surface area contributed by atoms with Gasteiger partial charge in [-0.25, -0.2) is 0 Å². The number of hydrogen-bond donors (Lipinski definition) is 2. The van der Waals surface area contributed by atoms with Crippen LogP contribution in [0, 0.1) is 5.92 Å². The third kappa shape index (κ3) is 4.31. The van der Waals surface area contributed by atoms with Gasteiger partial charge in [-0.05, 0) is 85.1 Å². The van der Waals surface area contributed by atoms with E-state index in [9.17, 15) is 19.8 Å². The Morgan fingerprint density at radius 2 is 1.61 bits per heavy atom. The number of hydrogen-bond acceptors (Lipinski definition) is 6. The summed E-state index contributed by atoms with van der Waals surface area (Å²) in [5.74, 6) is 1.33. The number of carbonyl (C=O) groups is 2. The Hall–Kier alpha value is -3.84. The summed E-state index contributed by atoms with van der Waals surface area (Å²) >= 11 is 1.43. The summed E-state index contributed by atoms with van der Waals surface area (Å²) in [5.41, 5.74) is 1.93. The van der Waals surface area contributed by atoms with E-state index in [1.807, 2.05) is 4.90 Å². The van der Waals surface area contributed by atoms with Crippen molar-refractivity contribution in [1.82, 2.24) is 4.90 Å². The monoisotopic (exact) mass is 499 g/mol. The minimum Gasteiger partial charge on any atom is -0.508 e. The molecule has 0 bridgehead atoms. The molecule has 2 aliphatic rings. The molecule has 2 heterocycles. The summed E-state index contributed by atoms with van der Waals surface area (Å²) in [6.07, 6.45) is 2.78. The number of rotatable bonds is 6. The Morgan fingerprint density at radius 1 is 0.889 bits per heavy atom. The first kappa shape index (κ1) is 22.6. The van der Waals surface area contributed by atoms with Crippen molar-refractivity contribution in [1.29, 1.82) is 0 Å². The summed E-state index contributed by atoms with van der Waals surface area (Å²) < 4.78 is 6.93. The van der Waals surface area contributed by atoms with Crippen molar-refractivity contribution in [3.8, 4) is 27.7 Å². The third-order valence-electron chi connectivity index (χ3n) is 6.83. The van der Waals surface area contributed by atoms with E-state index in [4.69, 9.17) is 4.74 Å². The van der Waals surface area contributed by atoms with Gasteiger partial charge in [-0.3, -0.25) is 9.59 Å². The number of carbonyl (C=O) groups excluding carboxylic acids is 2. The Labute approximate surface area is 212 Å². The number of aromatic hydroxyl groups is 2. The molecular formula is C29H25NO5S. The zero-order valence-corrected chi connectivity index (χ0v) is 20.3. The van der Waals surface area contributed by atoms with Gasteiger partial charge in [0.25, 0.3) is 0 Å². The number of nitrogens with zero attached hydrogens (tertiary/aromatic N) is 1. The predicted octanol–water partition coefficient (Wildman–Crippen LogP) is 5.60. The van der Waals surface area contributed by atoms with Gasteiger partial charge in [-0.1, -0.05) is 0 Å². The molecule has 6 rings (SSSR count). The van der Waals surface area contributed by atoms with E-state index in [2.05, 4.69) is 0 Å². The maximum atomic E-state index is 13.7. The molecule has 1 aromatic heterocycles. The number of amides is 1. The standard InChI is InChI=1S/C29H25NO5S/c31-20-7-3-18(4-8-20)28-26(24-12-9-21(32)15-25(24)36-28)27(33)17-5-10-22(11-6-17)35-23-13-14-30(16-23)29(34)19-1-2-19/h3-12,15,19,23,31-32H,1-2,13-14,16H2/t23-/m1/s1. The highest BCUT2D eigenvalue weighted by Gasteiger charge is 2.37. The molecule has 182 valence electrons. The maximum absolute atomic E-state index is 13.7. The molecular weight excluding hydrogens is 474 g/mol. The average molecular weight is 500 g/mol. The van der Waals surface area contributed by atoms with Crippen LogP contribution in [0.1, 0.15) is 35.2 Å². The van der Waals surface area contributed by atoms with E-state index >= 15 is 0 Å². The van der Waals surface area contributed by atoms with Gasteiger partial charge in [-0.15, -0.1) is 11.3 Å². The molecule has 4 aromatic rings. The summed E-state index contributed by atoms with van der Waals surface area (Å²) in [4.78, 5) is 28.7. The van der Waals surface area contributed by atoms with E-state index in [0.29, 0.717) is 23.4 Å². The first-order chi connectivity index (χ1) is 17.5. The molecule has 1 aliphatic heterocycles. The number of ether oxygens (including phenoxy) is 1. The quantitative estimate of drug-likeness (QED) is 0.337. The largest absolute Gasteiger partial charge is 0.508 e. The predicted molar refractivity (Wildman–Crippen MR) is 139 cm³/mol. The van der Waals surface area contributed by atoms with E-state index in [-0.39, 0.29) is 35.2 Å². The SMILES string of the molecule is O=C(c1ccc(O[C@@H]2CCN(C(=O)C3CC3)C2)cc1)c1c(-c2ccc(O)cc2)sc2cc(O)ccc12. The van der Waals surface area contributed by atoms with Gasteiger partial charge in [-0.2, -0.15) is 0 Å². The molecule has 0 radical (unpaired) electrons. The van der Waals surface area contributed by atoms with Crippen molar-refractivity contribution < 1.29 is 24.5 Å². The van der Waals surface area contributed by atoms with Crippen molar-refractivity contribution >= 4 is 33.1 Å². The number of fused-ring (bicyclic) bond motifs is 1. The Morgan fingerprint density at radius 3 is 2.33 bits per heavy atom. The number of benzene rings is 3. The van der Waals surface area contributed by atoms with Crippen molar-refractivity contribution in [2.24, 2.45) is 5.92 Å². The fraction of sp³-hybridized carbons (Fsp3) is 0.241. The second kappa shape index (κ2) is 8.99. The van der Waals surface area contributed by atoms with Crippen molar-refractivity contribution in [2.45, 2.75) is 25.4 Å². The molecule has 1 amide bonds. The molecule has 1 saturated heterocycles. The molecule has 6 nitrogen and oxygen atoms in total. The van der Waals surface area contributed by atoms with E-state index < -0.39 is 0 Å². The van der Waals surface area contributed by atoms with Crippen LogP contribution < -0.4 is 4.74 Å². The molecule has 2 fully saturated rings. The Bertz CT molecular complexity index is 1450. The van der Waals surface area contributed by atoms with E-state index in [1.54, 1.807) is 66.7 Å². The van der Waals surface area contributed by atoms with Crippen LogP contribution in [0.15, 0.2) is 66.7 Å². The highest BCUT2D eigenvalue weighted by atomic mass is 32.1. The van der Waals surface area contributed by atoms with Crippen LogP contribution in [0.3, 0.4) is 0 Å².